The molecule has 3 aromatic heterocycles. The monoisotopic (exact) mass is 573 g/mol. The highest BCUT2D eigenvalue weighted by atomic mass is 35.5. The van der Waals surface area contributed by atoms with E-state index in [0.717, 1.165) is 17.3 Å². The lowest BCUT2D eigenvalue weighted by Crippen LogP contribution is -2.42. The summed E-state index contributed by atoms with van der Waals surface area (Å²) in [5.74, 6) is -2.47. The summed E-state index contributed by atoms with van der Waals surface area (Å²) < 4.78 is 66.0. The molecule has 0 unspecified atom stereocenters. The molecule has 204 valence electrons. The summed E-state index contributed by atoms with van der Waals surface area (Å²) in [6.07, 6.45) is 2.28. The Bertz CT molecular complexity index is 1640. The van der Waals surface area contributed by atoms with Crippen LogP contribution in [0.3, 0.4) is 0 Å². The van der Waals surface area contributed by atoms with Gasteiger partial charge >= 0.3 is 6.18 Å². The zero-order valence-corrected chi connectivity index (χ0v) is 20.8. The van der Waals surface area contributed by atoms with Crippen LogP contribution in [0.4, 0.5) is 39.0 Å². The van der Waals surface area contributed by atoms with Gasteiger partial charge in [0.25, 0.3) is 0 Å². The van der Waals surface area contributed by atoms with Crippen molar-refractivity contribution < 1.29 is 22.0 Å². The standard InChI is InChI=1S/C25H17ClF5N9/c26-18-5-15(36-22(13-2-1-3-33-8-13)20-11-40(39-38-20)12-25(29,30)31)4-17-21(14(7-32)9-34-23(17)18)37-16-6-19(27)24(28)35-10-16/h1-6,8-11,22,36,38-39H,12H2,(H,34,37)/t22-/m0/s1. The van der Waals surface area contributed by atoms with Crippen molar-refractivity contribution in [2.24, 2.45) is 0 Å². The van der Waals surface area contributed by atoms with Gasteiger partial charge in [0.15, 0.2) is 5.82 Å². The average Bonchev–Trinajstić information content (AvgIpc) is 3.36. The van der Waals surface area contributed by atoms with Crippen molar-refractivity contribution in [1.82, 2.24) is 30.9 Å². The van der Waals surface area contributed by atoms with Crippen molar-refractivity contribution >= 4 is 39.6 Å². The number of nitriles is 1. The first-order chi connectivity index (χ1) is 19.1. The largest absolute Gasteiger partial charge is 0.407 e. The fourth-order valence-electron chi connectivity index (χ4n) is 4.04. The molecule has 1 aromatic carbocycles. The number of aromatic nitrogens is 3. The fraction of sp³-hybridized carbons (Fsp3) is 0.120. The first-order valence-electron chi connectivity index (χ1n) is 11.4. The minimum atomic E-state index is -4.44. The summed E-state index contributed by atoms with van der Waals surface area (Å²) in [7, 11) is 0. The van der Waals surface area contributed by atoms with Crippen molar-refractivity contribution in [3.05, 3.63) is 94.9 Å². The normalized spacial score (nSPS) is 13.9. The van der Waals surface area contributed by atoms with E-state index in [4.69, 9.17) is 11.6 Å². The van der Waals surface area contributed by atoms with Gasteiger partial charge in [-0.05, 0) is 23.8 Å². The number of halogens is 6. The van der Waals surface area contributed by atoms with Gasteiger partial charge in [-0.2, -0.15) is 22.8 Å². The molecule has 1 aliphatic rings. The van der Waals surface area contributed by atoms with Crippen LogP contribution in [-0.4, -0.2) is 32.7 Å². The van der Waals surface area contributed by atoms with Crippen LogP contribution in [-0.2, 0) is 0 Å². The number of pyridine rings is 3. The highest BCUT2D eigenvalue weighted by Crippen LogP contribution is 2.37. The Morgan fingerprint density at radius 2 is 1.93 bits per heavy atom. The molecule has 0 aliphatic carbocycles. The van der Waals surface area contributed by atoms with Crippen LogP contribution in [0.2, 0.25) is 5.02 Å². The molecule has 4 aromatic rings. The third-order valence-corrected chi connectivity index (χ3v) is 6.03. The summed E-state index contributed by atoms with van der Waals surface area (Å²) >= 11 is 6.54. The molecule has 0 saturated carbocycles. The quantitative estimate of drug-likeness (QED) is 0.169. The van der Waals surface area contributed by atoms with E-state index < -0.39 is 30.5 Å². The smallest absolute Gasteiger partial charge is 0.373 e. The Kier molecular flexibility index (Phi) is 7.24. The number of hydrazine groups is 2. The van der Waals surface area contributed by atoms with Crippen molar-refractivity contribution in [3.63, 3.8) is 0 Å². The summed E-state index contributed by atoms with van der Waals surface area (Å²) in [6, 6.07) is 8.76. The first kappa shape index (κ1) is 26.9. The highest BCUT2D eigenvalue weighted by Gasteiger charge is 2.33. The van der Waals surface area contributed by atoms with Crippen LogP contribution in [0, 0.1) is 23.1 Å². The van der Waals surface area contributed by atoms with E-state index in [0.29, 0.717) is 27.9 Å². The molecule has 0 bridgehead atoms. The number of anilines is 3. The summed E-state index contributed by atoms with van der Waals surface area (Å²) in [4.78, 5) is 11.7. The second kappa shape index (κ2) is 10.8. The van der Waals surface area contributed by atoms with Crippen molar-refractivity contribution in [1.29, 1.82) is 5.26 Å². The minimum Gasteiger partial charge on any atom is -0.373 e. The Hall–Kier alpha value is -4.74. The molecule has 15 heteroatoms. The molecule has 1 aliphatic heterocycles. The van der Waals surface area contributed by atoms with Gasteiger partial charge in [0, 0.05) is 41.9 Å². The maximum Gasteiger partial charge on any atom is 0.407 e. The number of alkyl halides is 3. The lowest BCUT2D eigenvalue weighted by molar-refractivity contribution is -0.145. The summed E-state index contributed by atoms with van der Waals surface area (Å²) in [6.45, 7) is -1.23. The zero-order valence-electron chi connectivity index (χ0n) is 20.1. The SMILES string of the molecule is N#Cc1cnc2c(Cl)cc(N[C@H](C3=CN(CC(F)(F)F)NN3)c3cccnc3)cc2c1Nc1cnc(F)c(F)c1. The lowest BCUT2D eigenvalue weighted by atomic mass is 10.0. The van der Waals surface area contributed by atoms with Crippen LogP contribution in [0.1, 0.15) is 17.2 Å². The third kappa shape index (κ3) is 5.80. The number of fused-ring (bicyclic) bond motifs is 1. The molecule has 0 amide bonds. The molecule has 1 atom stereocenters. The van der Waals surface area contributed by atoms with Crippen LogP contribution in [0.15, 0.2) is 67.0 Å². The topological polar surface area (TPSA) is 114 Å². The minimum absolute atomic E-state index is 0.0711. The Morgan fingerprint density at radius 1 is 1.10 bits per heavy atom. The second-order valence-corrected chi connectivity index (χ2v) is 8.97. The molecule has 9 nitrogen and oxygen atoms in total. The number of nitrogens with one attached hydrogen (secondary N) is 4. The van der Waals surface area contributed by atoms with Crippen molar-refractivity contribution in [2.75, 3.05) is 17.2 Å². The van der Waals surface area contributed by atoms with E-state index >= 15 is 0 Å². The van der Waals surface area contributed by atoms with E-state index in [2.05, 4.69) is 36.5 Å². The third-order valence-electron chi connectivity index (χ3n) is 5.74. The van der Waals surface area contributed by atoms with Crippen LogP contribution in [0.5, 0.6) is 0 Å². The molecule has 0 saturated heterocycles. The second-order valence-electron chi connectivity index (χ2n) is 8.56. The molecule has 4 heterocycles. The predicted molar refractivity (Wildman–Crippen MR) is 137 cm³/mol. The Balaban J connectivity index is 1.56. The maximum atomic E-state index is 13.8. The molecule has 40 heavy (non-hydrogen) atoms. The van der Waals surface area contributed by atoms with Gasteiger partial charge in [0.1, 0.15) is 12.6 Å². The van der Waals surface area contributed by atoms with E-state index in [1.165, 1.54) is 12.4 Å². The molecular weight excluding hydrogens is 557 g/mol. The van der Waals surface area contributed by atoms with Crippen molar-refractivity contribution in [3.8, 4) is 6.07 Å². The molecule has 4 N–H and O–H groups in total. The van der Waals surface area contributed by atoms with E-state index in [9.17, 15) is 27.2 Å². The lowest BCUT2D eigenvalue weighted by Gasteiger charge is -2.22. The summed E-state index contributed by atoms with van der Waals surface area (Å²) in [5, 5.41) is 17.2. The summed E-state index contributed by atoms with van der Waals surface area (Å²) in [5.41, 5.74) is 7.25. The van der Waals surface area contributed by atoms with Crippen LogP contribution >= 0.6 is 11.6 Å². The van der Waals surface area contributed by atoms with E-state index in [1.807, 2.05) is 6.07 Å². The van der Waals surface area contributed by atoms with Gasteiger partial charge in [-0.3, -0.25) is 15.0 Å². The van der Waals surface area contributed by atoms with Crippen LogP contribution < -0.4 is 21.6 Å². The molecule has 5 rings (SSSR count). The number of benzene rings is 1. The average molecular weight is 574 g/mol. The van der Waals surface area contributed by atoms with Gasteiger partial charge in [-0.25, -0.2) is 9.37 Å². The number of hydrogen-bond acceptors (Lipinski definition) is 9. The molecule has 0 radical (unpaired) electrons. The fourth-order valence-corrected chi connectivity index (χ4v) is 4.31. The van der Waals surface area contributed by atoms with Gasteiger partial charge < -0.3 is 16.1 Å². The van der Waals surface area contributed by atoms with Gasteiger partial charge in [0.05, 0.1) is 45.4 Å². The Morgan fingerprint density at radius 3 is 2.62 bits per heavy atom. The molecular formula is C25H17ClF5N9. The van der Waals surface area contributed by atoms with E-state index in [-0.39, 0.29) is 22.0 Å². The maximum absolute atomic E-state index is 13.8. The van der Waals surface area contributed by atoms with Gasteiger partial charge in [-0.15, -0.1) is 5.53 Å². The van der Waals surface area contributed by atoms with Crippen molar-refractivity contribution in [2.45, 2.75) is 12.2 Å². The number of nitrogens with zero attached hydrogens (tertiary/aromatic N) is 5. The van der Waals surface area contributed by atoms with Crippen LogP contribution in [0.25, 0.3) is 10.9 Å². The zero-order chi connectivity index (χ0) is 28.4. The number of rotatable bonds is 7. The first-order valence-corrected chi connectivity index (χ1v) is 11.8. The van der Waals surface area contributed by atoms with E-state index in [1.54, 1.807) is 36.7 Å². The molecule has 0 spiro atoms. The predicted octanol–water partition coefficient (Wildman–Crippen LogP) is 5.45. The van der Waals surface area contributed by atoms with Gasteiger partial charge in [-0.1, -0.05) is 17.7 Å². The van der Waals surface area contributed by atoms with Gasteiger partial charge in [0.2, 0.25) is 5.95 Å². The highest BCUT2D eigenvalue weighted by molar-refractivity contribution is 6.36. The molecule has 0 fully saturated rings. The number of hydrogen-bond donors (Lipinski definition) is 4. The Labute approximate surface area is 228 Å².